The van der Waals surface area contributed by atoms with Gasteiger partial charge in [0.25, 0.3) is 0 Å². The van der Waals surface area contributed by atoms with Crippen molar-refractivity contribution in [3.63, 3.8) is 0 Å². The molecule has 0 N–H and O–H groups in total. The highest BCUT2D eigenvalue weighted by atomic mass is 16.5. The number of fused-ring (bicyclic) bond motifs is 1. The monoisotopic (exact) mass is 236 g/mol. The molecule has 0 radical (unpaired) electrons. The molecule has 2 heteroatoms. The number of esters is 1. The van der Waals surface area contributed by atoms with Crippen molar-refractivity contribution in [2.75, 3.05) is 6.61 Å². The van der Waals surface area contributed by atoms with Gasteiger partial charge < -0.3 is 4.74 Å². The molecular formula is C15H24O2. The summed E-state index contributed by atoms with van der Waals surface area (Å²) in [6.45, 7) is 8.66. The second-order valence-electron chi connectivity index (χ2n) is 6.34. The van der Waals surface area contributed by atoms with Crippen molar-refractivity contribution in [3.8, 4) is 0 Å². The molecule has 0 heterocycles. The highest BCUT2D eigenvalue weighted by molar-refractivity contribution is 5.81. The largest absolute Gasteiger partial charge is 0.462 e. The van der Waals surface area contributed by atoms with Crippen LogP contribution >= 0.6 is 0 Å². The Labute approximate surface area is 104 Å². The Morgan fingerprint density at radius 3 is 2.94 bits per heavy atom. The van der Waals surface area contributed by atoms with E-state index in [4.69, 9.17) is 4.74 Å². The molecule has 0 bridgehead atoms. The summed E-state index contributed by atoms with van der Waals surface area (Å²) >= 11 is 0. The SMILES string of the molecule is C=CC(=O)OCC1(C)CCC2C(C)CCC2C1. The first-order valence-electron chi connectivity index (χ1n) is 6.83. The van der Waals surface area contributed by atoms with Crippen molar-refractivity contribution < 1.29 is 9.53 Å². The minimum absolute atomic E-state index is 0.198. The number of carbonyl (C=O) groups excluding carboxylic acids is 1. The van der Waals surface area contributed by atoms with Crippen LogP contribution in [0.15, 0.2) is 12.7 Å². The predicted octanol–water partition coefficient (Wildman–Crippen LogP) is 3.57. The Morgan fingerprint density at radius 2 is 2.24 bits per heavy atom. The maximum absolute atomic E-state index is 11.1. The molecule has 0 aromatic rings. The predicted molar refractivity (Wildman–Crippen MR) is 68.5 cm³/mol. The molecule has 2 fully saturated rings. The summed E-state index contributed by atoms with van der Waals surface area (Å²) in [7, 11) is 0. The zero-order valence-electron chi connectivity index (χ0n) is 11.1. The number of carbonyl (C=O) groups is 1. The Kier molecular flexibility index (Phi) is 3.60. The quantitative estimate of drug-likeness (QED) is 0.553. The minimum Gasteiger partial charge on any atom is -0.462 e. The Balaban J connectivity index is 1.90. The normalized spacial score (nSPS) is 40.7. The number of ether oxygens (including phenoxy) is 1. The molecule has 0 saturated heterocycles. The molecule has 0 aromatic carbocycles. The highest BCUT2D eigenvalue weighted by Gasteiger charge is 2.43. The molecular weight excluding hydrogens is 212 g/mol. The lowest BCUT2D eigenvalue weighted by atomic mass is 9.66. The summed E-state index contributed by atoms with van der Waals surface area (Å²) < 4.78 is 5.25. The molecule has 17 heavy (non-hydrogen) atoms. The maximum Gasteiger partial charge on any atom is 0.330 e. The van der Waals surface area contributed by atoms with Gasteiger partial charge in [0.15, 0.2) is 0 Å². The van der Waals surface area contributed by atoms with Crippen molar-refractivity contribution in [3.05, 3.63) is 12.7 Å². The van der Waals surface area contributed by atoms with Gasteiger partial charge in [-0.2, -0.15) is 0 Å². The van der Waals surface area contributed by atoms with E-state index in [1.807, 2.05) is 0 Å². The molecule has 0 amide bonds. The van der Waals surface area contributed by atoms with E-state index in [1.165, 1.54) is 38.2 Å². The van der Waals surface area contributed by atoms with E-state index in [9.17, 15) is 4.79 Å². The smallest absolute Gasteiger partial charge is 0.330 e. The van der Waals surface area contributed by atoms with Gasteiger partial charge in [-0.3, -0.25) is 0 Å². The molecule has 0 aliphatic heterocycles. The van der Waals surface area contributed by atoms with Gasteiger partial charge in [0.1, 0.15) is 0 Å². The zero-order valence-corrected chi connectivity index (χ0v) is 11.1. The lowest BCUT2D eigenvalue weighted by Gasteiger charge is -2.40. The van der Waals surface area contributed by atoms with Crippen LogP contribution in [-0.4, -0.2) is 12.6 Å². The van der Waals surface area contributed by atoms with Crippen molar-refractivity contribution in [1.29, 1.82) is 0 Å². The lowest BCUT2D eigenvalue weighted by molar-refractivity contribution is -0.142. The van der Waals surface area contributed by atoms with E-state index in [2.05, 4.69) is 20.4 Å². The van der Waals surface area contributed by atoms with Crippen molar-refractivity contribution in [1.82, 2.24) is 0 Å². The molecule has 2 rings (SSSR count). The van der Waals surface area contributed by atoms with E-state index < -0.39 is 0 Å². The van der Waals surface area contributed by atoms with Crippen LogP contribution in [-0.2, 0) is 9.53 Å². The molecule has 0 aromatic heterocycles. The molecule has 4 atom stereocenters. The molecule has 2 nitrogen and oxygen atoms in total. The number of rotatable bonds is 3. The van der Waals surface area contributed by atoms with Gasteiger partial charge in [0, 0.05) is 11.5 Å². The first-order valence-corrected chi connectivity index (χ1v) is 6.83. The first-order chi connectivity index (χ1) is 8.04. The van der Waals surface area contributed by atoms with E-state index in [-0.39, 0.29) is 11.4 Å². The van der Waals surface area contributed by atoms with E-state index >= 15 is 0 Å². The standard InChI is InChI=1S/C15H24O2/c1-4-14(16)17-10-15(3)8-7-13-11(2)5-6-12(13)9-15/h4,11-13H,1,5-10H2,2-3H3. The van der Waals surface area contributed by atoms with Gasteiger partial charge in [0.2, 0.25) is 0 Å². The van der Waals surface area contributed by atoms with Gasteiger partial charge in [-0.15, -0.1) is 0 Å². The summed E-state index contributed by atoms with van der Waals surface area (Å²) in [6.07, 6.45) is 7.75. The molecule has 0 spiro atoms. The Morgan fingerprint density at radius 1 is 1.47 bits per heavy atom. The molecule has 2 aliphatic carbocycles. The average Bonchev–Trinajstić information content (AvgIpc) is 2.67. The van der Waals surface area contributed by atoms with Gasteiger partial charge >= 0.3 is 5.97 Å². The van der Waals surface area contributed by atoms with Gasteiger partial charge in [-0.05, 0) is 43.4 Å². The second-order valence-corrected chi connectivity index (χ2v) is 6.34. The third-order valence-corrected chi connectivity index (χ3v) is 4.89. The first kappa shape index (κ1) is 12.7. The van der Waals surface area contributed by atoms with Crippen LogP contribution in [0.1, 0.15) is 46.0 Å². The van der Waals surface area contributed by atoms with Crippen LogP contribution in [0, 0.1) is 23.2 Å². The van der Waals surface area contributed by atoms with Crippen molar-refractivity contribution in [2.45, 2.75) is 46.0 Å². The fourth-order valence-electron chi connectivity index (χ4n) is 3.83. The maximum atomic E-state index is 11.1. The summed E-state index contributed by atoms with van der Waals surface area (Å²) in [5.41, 5.74) is 0.198. The lowest BCUT2D eigenvalue weighted by Crippen LogP contribution is -2.34. The van der Waals surface area contributed by atoms with E-state index in [0.717, 1.165) is 17.8 Å². The van der Waals surface area contributed by atoms with Crippen molar-refractivity contribution in [2.24, 2.45) is 23.2 Å². The molecule has 96 valence electrons. The fraction of sp³-hybridized carbons (Fsp3) is 0.800. The topological polar surface area (TPSA) is 26.3 Å². The van der Waals surface area contributed by atoms with Crippen LogP contribution in [0.5, 0.6) is 0 Å². The summed E-state index contributed by atoms with van der Waals surface area (Å²) in [5.74, 6) is 2.41. The summed E-state index contributed by atoms with van der Waals surface area (Å²) in [5, 5.41) is 0. The van der Waals surface area contributed by atoms with Crippen LogP contribution in [0.4, 0.5) is 0 Å². The zero-order chi connectivity index (χ0) is 12.5. The number of hydrogen-bond acceptors (Lipinski definition) is 2. The highest BCUT2D eigenvalue weighted by Crippen LogP contribution is 2.51. The summed E-state index contributed by atoms with van der Waals surface area (Å²) in [6, 6.07) is 0. The Hall–Kier alpha value is -0.790. The van der Waals surface area contributed by atoms with Gasteiger partial charge in [0.05, 0.1) is 6.61 Å². The fourth-order valence-corrected chi connectivity index (χ4v) is 3.83. The van der Waals surface area contributed by atoms with Crippen LogP contribution in [0.2, 0.25) is 0 Å². The second kappa shape index (κ2) is 4.83. The van der Waals surface area contributed by atoms with Crippen LogP contribution < -0.4 is 0 Å². The average molecular weight is 236 g/mol. The van der Waals surface area contributed by atoms with Gasteiger partial charge in [-0.1, -0.05) is 26.8 Å². The third-order valence-electron chi connectivity index (χ3n) is 4.89. The van der Waals surface area contributed by atoms with Crippen LogP contribution in [0.25, 0.3) is 0 Å². The van der Waals surface area contributed by atoms with Gasteiger partial charge in [-0.25, -0.2) is 4.79 Å². The molecule has 4 unspecified atom stereocenters. The van der Waals surface area contributed by atoms with E-state index in [1.54, 1.807) is 0 Å². The third kappa shape index (κ3) is 2.72. The van der Waals surface area contributed by atoms with E-state index in [0.29, 0.717) is 6.61 Å². The minimum atomic E-state index is -0.284. The Bertz CT molecular complexity index is 310. The number of hydrogen-bond donors (Lipinski definition) is 0. The molecule has 2 aliphatic rings. The van der Waals surface area contributed by atoms with Crippen molar-refractivity contribution >= 4 is 5.97 Å². The summed E-state index contributed by atoms with van der Waals surface area (Å²) in [4.78, 5) is 11.1. The molecule has 2 saturated carbocycles. The van der Waals surface area contributed by atoms with Crippen LogP contribution in [0.3, 0.4) is 0 Å².